The topological polar surface area (TPSA) is 102 Å². The van der Waals surface area contributed by atoms with Gasteiger partial charge in [-0.3, -0.25) is 9.59 Å². The van der Waals surface area contributed by atoms with E-state index >= 15 is 0 Å². The summed E-state index contributed by atoms with van der Waals surface area (Å²) in [5.74, 6) is -1.18. The van der Waals surface area contributed by atoms with Crippen LogP contribution < -0.4 is 9.47 Å². The fourth-order valence-corrected chi connectivity index (χ4v) is 4.17. The minimum atomic E-state index is -0.550. The van der Waals surface area contributed by atoms with Crippen LogP contribution in [0.1, 0.15) is 69.7 Å². The Morgan fingerprint density at radius 2 is 1.69 bits per heavy atom. The normalized spacial score (nSPS) is 20.8. The molecule has 1 heterocycles. The highest BCUT2D eigenvalue weighted by molar-refractivity contribution is 6.30. The number of ketones is 2. The van der Waals surface area contributed by atoms with E-state index < -0.39 is 23.4 Å². The van der Waals surface area contributed by atoms with Gasteiger partial charge in [0.05, 0.1) is 43.1 Å². The van der Waals surface area contributed by atoms with Gasteiger partial charge in [-0.15, -0.1) is 0 Å². The zero-order valence-electron chi connectivity index (χ0n) is 16.4. The molecule has 0 bridgehead atoms. The number of methoxy groups -OCH3 is 2. The number of benzene rings is 2. The SMILES string of the molecule is COc1cc(OC)c2c(c1)C(=O)c1cc(O)c([C@@H]3CCC[C@H](C)O3)c(O)c1C2=O. The van der Waals surface area contributed by atoms with Crippen LogP contribution in [0.15, 0.2) is 18.2 Å². The van der Waals surface area contributed by atoms with Crippen LogP contribution in [0, 0.1) is 0 Å². The van der Waals surface area contributed by atoms with Gasteiger partial charge >= 0.3 is 0 Å². The minimum Gasteiger partial charge on any atom is -0.507 e. The van der Waals surface area contributed by atoms with E-state index in [4.69, 9.17) is 14.2 Å². The average molecular weight is 398 g/mol. The van der Waals surface area contributed by atoms with Gasteiger partial charge in [-0.05, 0) is 38.3 Å². The van der Waals surface area contributed by atoms with Crippen LogP contribution in [0.3, 0.4) is 0 Å². The highest BCUT2D eigenvalue weighted by Gasteiger charge is 2.39. The van der Waals surface area contributed by atoms with Crippen molar-refractivity contribution >= 4 is 11.6 Å². The zero-order chi connectivity index (χ0) is 20.9. The molecule has 1 aliphatic carbocycles. The Balaban J connectivity index is 1.92. The fourth-order valence-electron chi connectivity index (χ4n) is 4.17. The third-order valence-corrected chi connectivity index (χ3v) is 5.59. The molecule has 4 rings (SSSR count). The molecule has 1 saturated heterocycles. The van der Waals surface area contributed by atoms with Crippen molar-refractivity contribution in [3.8, 4) is 23.0 Å². The number of hydrogen-bond acceptors (Lipinski definition) is 7. The van der Waals surface area contributed by atoms with E-state index in [-0.39, 0.29) is 45.4 Å². The van der Waals surface area contributed by atoms with Gasteiger partial charge in [0.2, 0.25) is 5.78 Å². The second kappa shape index (κ2) is 7.08. The van der Waals surface area contributed by atoms with E-state index in [9.17, 15) is 19.8 Å². The summed E-state index contributed by atoms with van der Waals surface area (Å²) in [6.07, 6.45) is 1.77. The Labute approximate surface area is 167 Å². The molecule has 0 radical (unpaired) electrons. The van der Waals surface area contributed by atoms with E-state index in [0.717, 1.165) is 12.8 Å². The zero-order valence-corrected chi connectivity index (χ0v) is 16.4. The molecule has 7 nitrogen and oxygen atoms in total. The number of carbonyl (C=O) groups excluding carboxylic acids is 2. The van der Waals surface area contributed by atoms with Crippen molar-refractivity contribution in [3.05, 3.63) is 46.0 Å². The van der Waals surface area contributed by atoms with Crippen molar-refractivity contribution in [2.75, 3.05) is 14.2 Å². The number of phenols is 2. The Hall–Kier alpha value is -3.06. The molecular weight excluding hydrogens is 376 g/mol. The van der Waals surface area contributed by atoms with Crippen LogP contribution in [-0.2, 0) is 4.74 Å². The smallest absolute Gasteiger partial charge is 0.201 e. The molecule has 0 amide bonds. The third-order valence-electron chi connectivity index (χ3n) is 5.59. The highest BCUT2D eigenvalue weighted by Crippen LogP contribution is 2.47. The number of carbonyl (C=O) groups is 2. The predicted octanol–water partition coefficient (Wildman–Crippen LogP) is 3.52. The first-order chi connectivity index (χ1) is 13.9. The quantitative estimate of drug-likeness (QED) is 0.696. The fraction of sp³-hybridized carbons (Fsp3) is 0.364. The summed E-state index contributed by atoms with van der Waals surface area (Å²) >= 11 is 0. The van der Waals surface area contributed by atoms with Gasteiger partial charge in [0.25, 0.3) is 0 Å². The monoisotopic (exact) mass is 398 g/mol. The number of hydrogen-bond donors (Lipinski definition) is 2. The number of fused-ring (bicyclic) bond motifs is 2. The van der Waals surface area contributed by atoms with Crippen LogP contribution in [-0.4, -0.2) is 42.1 Å². The van der Waals surface area contributed by atoms with Gasteiger partial charge in [-0.25, -0.2) is 0 Å². The molecule has 2 N–H and O–H groups in total. The van der Waals surface area contributed by atoms with Crippen LogP contribution in [0.5, 0.6) is 23.0 Å². The van der Waals surface area contributed by atoms with Crippen molar-refractivity contribution in [2.45, 2.75) is 38.4 Å². The lowest BCUT2D eigenvalue weighted by Crippen LogP contribution is -2.24. The summed E-state index contributed by atoms with van der Waals surface area (Å²) in [6, 6.07) is 4.20. The summed E-state index contributed by atoms with van der Waals surface area (Å²) in [5, 5.41) is 21.5. The molecule has 0 unspecified atom stereocenters. The van der Waals surface area contributed by atoms with Crippen LogP contribution in [0.25, 0.3) is 0 Å². The first-order valence-corrected chi connectivity index (χ1v) is 9.47. The lowest BCUT2D eigenvalue weighted by molar-refractivity contribution is -0.0433. The van der Waals surface area contributed by atoms with E-state index in [2.05, 4.69) is 0 Å². The van der Waals surface area contributed by atoms with Crippen molar-refractivity contribution < 1.29 is 34.0 Å². The number of aromatic hydroxyl groups is 2. The lowest BCUT2D eigenvalue weighted by Gasteiger charge is -2.30. The largest absolute Gasteiger partial charge is 0.507 e. The maximum Gasteiger partial charge on any atom is 0.201 e. The van der Waals surface area contributed by atoms with Gasteiger partial charge in [0, 0.05) is 17.2 Å². The summed E-state index contributed by atoms with van der Waals surface area (Å²) < 4.78 is 16.4. The summed E-state index contributed by atoms with van der Waals surface area (Å²) in [4.78, 5) is 26.4. The maximum atomic E-state index is 13.3. The molecule has 0 saturated carbocycles. The standard InChI is InChI=1S/C22H22O7/c1-10-5-4-6-15(29-10)19-14(23)9-13-18(22(19)26)21(25)17-12(20(13)24)7-11(27-2)8-16(17)28-3/h7-10,15,23,26H,4-6H2,1-3H3/t10-,15-/m0/s1. The molecule has 152 valence electrons. The summed E-state index contributed by atoms with van der Waals surface area (Å²) in [5.41, 5.74) is 0.122. The van der Waals surface area contributed by atoms with E-state index in [1.54, 1.807) is 0 Å². The second-order valence-electron chi connectivity index (χ2n) is 7.36. The average Bonchev–Trinajstić information content (AvgIpc) is 2.70. The number of rotatable bonds is 3. The first kappa shape index (κ1) is 19.3. The molecule has 0 aromatic heterocycles. The van der Waals surface area contributed by atoms with Crippen molar-refractivity contribution in [3.63, 3.8) is 0 Å². The molecule has 2 aliphatic rings. The van der Waals surface area contributed by atoms with Crippen LogP contribution >= 0.6 is 0 Å². The van der Waals surface area contributed by atoms with Gasteiger partial charge in [-0.1, -0.05) is 0 Å². The minimum absolute atomic E-state index is 0.0331. The molecule has 2 aromatic rings. The number of phenolic OH excluding ortho intramolecular Hbond substituents is 2. The summed E-state index contributed by atoms with van der Waals surface area (Å²) in [7, 11) is 2.83. The van der Waals surface area contributed by atoms with Crippen molar-refractivity contribution in [1.29, 1.82) is 0 Å². The van der Waals surface area contributed by atoms with Crippen molar-refractivity contribution in [2.24, 2.45) is 0 Å². The second-order valence-corrected chi connectivity index (χ2v) is 7.36. The van der Waals surface area contributed by atoms with Crippen LogP contribution in [0.4, 0.5) is 0 Å². The number of ether oxygens (including phenoxy) is 3. The maximum absolute atomic E-state index is 13.3. The lowest BCUT2D eigenvalue weighted by atomic mass is 9.80. The van der Waals surface area contributed by atoms with E-state index in [0.29, 0.717) is 12.2 Å². The highest BCUT2D eigenvalue weighted by atomic mass is 16.5. The Bertz CT molecular complexity index is 1020. The molecule has 1 aliphatic heterocycles. The third kappa shape index (κ3) is 2.93. The van der Waals surface area contributed by atoms with Gasteiger partial charge < -0.3 is 24.4 Å². The molecule has 29 heavy (non-hydrogen) atoms. The Morgan fingerprint density at radius 1 is 0.966 bits per heavy atom. The molecule has 2 aromatic carbocycles. The molecule has 7 heteroatoms. The molecular formula is C22H22O7. The Kier molecular flexibility index (Phi) is 4.70. The van der Waals surface area contributed by atoms with Gasteiger partial charge in [0.1, 0.15) is 23.0 Å². The van der Waals surface area contributed by atoms with Crippen LogP contribution in [0.2, 0.25) is 0 Å². The Morgan fingerprint density at radius 3 is 2.34 bits per heavy atom. The summed E-state index contributed by atoms with van der Waals surface area (Å²) in [6.45, 7) is 1.92. The molecule has 1 fully saturated rings. The first-order valence-electron chi connectivity index (χ1n) is 9.47. The van der Waals surface area contributed by atoms with Gasteiger partial charge in [-0.2, -0.15) is 0 Å². The van der Waals surface area contributed by atoms with Gasteiger partial charge in [0.15, 0.2) is 5.78 Å². The molecule has 0 spiro atoms. The van der Waals surface area contributed by atoms with E-state index in [1.165, 1.54) is 32.4 Å². The van der Waals surface area contributed by atoms with Crippen molar-refractivity contribution in [1.82, 2.24) is 0 Å². The van der Waals surface area contributed by atoms with E-state index in [1.807, 2.05) is 6.92 Å². The molecule has 2 atom stereocenters. The predicted molar refractivity (Wildman–Crippen MR) is 103 cm³/mol.